The van der Waals surface area contributed by atoms with Crippen LogP contribution in [0.25, 0.3) is 10.9 Å². The van der Waals surface area contributed by atoms with Gasteiger partial charge in [0, 0.05) is 37.7 Å². The van der Waals surface area contributed by atoms with Crippen molar-refractivity contribution in [2.24, 2.45) is 0 Å². The van der Waals surface area contributed by atoms with Gasteiger partial charge in [0.2, 0.25) is 0 Å². The fourth-order valence-corrected chi connectivity index (χ4v) is 2.70. The van der Waals surface area contributed by atoms with E-state index >= 15 is 0 Å². The van der Waals surface area contributed by atoms with Crippen molar-refractivity contribution < 1.29 is 9.18 Å². The smallest absolute Gasteiger partial charge is 0.196 e. The second kappa shape index (κ2) is 5.04. The first-order chi connectivity index (χ1) is 9.56. The molecular formula is C15H8BrClFNO. The largest absolute Gasteiger partial charge is 0.360 e. The van der Waals surface area contributed by atoms with E-state index in [0.717, 1.165) is 0 Å². The average molecular weight is 353 g/mol. The Kier molecular flexibility index (Phi) is 3.36. The monoisotopic (exact) mass is 351 g/mol. The van der Waals surface area contributed by atoms with E-state index in [1.54, 1.807) is 30.5 Å². The van der Waals surface area contributed by atoms with Crippen molar-refractivity contribution >= 4 is 44.2 Å². The van der Waals surface area contributed by atoms with Gasteiger partial charge in [0.15, 0.2) is 5.78 Å². The van der Waals surface area contributed by atoms with Crippen LogP contribution in [0.4, 0.5) is 4.39 Å². The summed E-state index contributed by atoms with van der Waals surface area (Å²) in [5.74, 6) is -0.590. The zero-order valence-electron chi connectivity index (χ0n) is 10.1. The van der Waals surface area contributed by atoms with E-state index in [-0.39, 0.29) is 11.6 Å². The van der Waals surface area contributed by atoms with Crippen LogP contribution in [-0.4, -0.2) is 10.8 Å². The van der Waals surface area contributed by atoms with Gasteiger partial charge in [0.1, 0.15) is 5.82 Å². The number of nitrogens with one attached hydrogen (secondary N) is 1. The van der Waals surface area contributed by atoms with Gasteiger partial charge in [-0.15, -0.1) is 0 Å². The fraction of sp³-hybridized carbons (Fsp3) is 0. The Balaban J connectivity index is 2.17. The number of aromatic nitrogens is 1. The van der Waals surface area contributed by atoms with Gasteiger partial charge in [0.25, 0.3) is 0 Å². The molecule has 5 heteroatoms. The predicted molar refractivity (Wildman–Crippen MR) is 80.8 cm³/mol. The number of carbonyl (C=O) groups is 1. The summed E-state index contributed by atoms with van der Waals surface area (Å²) in [4.78, 5) is 15.5. The second-order valence-corrected chi connectivity index (χ2v) is 5.64. The van der Waals surface area contributed by atoms with E-state index in [4.69, 9.17) is 11.6 Å². The summed E-state index contributed by atoms with van der Waals surface area (Å²) in [5.41, 5.74) is 1.58. The lowest BCUT2D eigenvalue weighted by Gasteiger charge is -2.03. The van der Waals surface area contributed by atoms with Crippen molar-refractivity contribution in [1.29, 1.82) is 0 Å². The number of ketones is 1. The number of halogens is 3. The zero-order chi connectivity index (χ0) is 14.3. The van der Waals surface area contributed by atoms with Crippen molar-refractivity contribution in [3.8, 4) is 0 Å². The third-order valence-electron chi connectivity index (χ3n) is 3.06. The van der Waals surface area contributed by atoms with E-state index in [2.05, 4.69) is 20.9 Å². The molecule has 1 N–H and O–H groups in total. The van der Waals surface area contributed by atoms with Crippen molar-refractivity contribution in [1.82, 2.24) is 4.98 Å². The zero-order valence-corrected chi connectivity index (χ0v) is 12.4. The summed E-state index contributed by atoms with van der Waals surface area (Å²) in [6, 6.07) is 9.29. The van der Waals surface area contributed by atoms with Crippen LogP contribution in [0.1, 0.15) is 15.9 Å². The number of rotatable bonds is 2. The lowest BCUT2D eigenvalue weighted by Crippen LogP contribution is -2.01. The van der Waals surface area contributed by atoms with Gasteiger partial charge < -0.3 is 4.98 Å². The van der Waals surface area contributed by atoms with Crippen LogP contribution in [-0.2, 0) is 0 Å². The van der Waals surface area contributed by atoms with Crippen molar-refractivity contribution in [3.63, 3.8) is 0 Å². The van der Waals surface area contributed by atoms with E-state index < -0.39 is 0 Å². The molecule has 0 aliphatic rings. The van der Waals surface area contributed by atoms with E-state index in [0.29, 0.717) is 31.5 Å². The summed E-state index contributed by atoms with van der Waals surface area (Å²) < 4.78 is 14.0. The molecule has 0 saturated carbocycles. The van der Waals surface area contributed by atoms with Crippen LogP contribution < -0.4 is 0 Å². The van der Waals surface area contributed by atoms with Crippen molar-refractivity contribution in [2.75, 3.05) is 0 Å². The summed E-state index contributed by atoms with van der Waals surface area (Å²) in [6.45, 7) is 0. The molecule has 0 spiro atoms. The van der Waals surface area contributed by atoms with Gasteiger partial charge in [0.05, 0.1) is 0 Å². The molecule has 0 fully saturated rings. The highest BCUT2D eigenvalue weighted by Crippen LogP contribution is 2.27. The van der Waals surface area contributed by atoms with Gasteiger partial charge in [-0.2, -0.15) is 0 Å². The van der Waals surface area contributed by atoms with Crippen molar-refractivity contribution in [2.45, 2.75) is 0 Å². The Bertz CT molecular complexity index is 828. The molecule has 0 bridgehead atoms. The summed E-state index contributed by atoms with van der Waals surface area (Å²) in [6.07, 6.45) is 1.58. The van der Waals surface area contributed by atoms with Crippen LogP contribution in [0.2, 0.25) is 5.02 Å². The average Bonchev–Trinajstić information content (AvgIpc) is 2.83. The molecule has 100 valence electrons. The maximum absolute atomic E-state index is 13.3. The van der Waals surface area contributed by atoms with E-state index in [1.165, 1.54) is 12.1 Å². The first kappa shape index (κ1) is 13.3. The molecule has 2 nitrogen and oxygen atoms in total. The minimum absolute atomic E-state index is 0.212. The van der Waals surface area contributed by atoms with Crippen LogP contribution in [0.3, 0.4) is 0 Å². The highest BCUT2D eigenvalue weighted by atomic mass is 79.9. The fourth-order valence-electron chi connectivity index (χ4n) is 2.10. The number of H-pyrrole nitrogens is 1. The first-order valence-electron chi connectivity index (χ1n) is 5.82. The minimum atomic E-state index is -0.378. The van der Waals surface area contributed by atoms with Gasteiger partial charge in [-0.3, -0.25) is 4.79 Å². The Morgan fingerprint density at radius 2 is 1.95 bits per heavy atom. The van der Waals surface area contributed by atoms with E-state index in [1.807, 2.05) is 0 Å². The number of carbonyl (C=O) groups excluding carboxylic acids is 1. The number of hydrogen-bond donors (Lipinski definition) is 1. The highest BCUT2D eigenvalue weighted by Gasteiger charge is 2.17. The lowest BCUT2D eigenvalue weighted by molar-refractivity contribution is 0.103. The lowest BCUT2D eigenvalue weighted by atomic mass is 10.0. The molecule has 3 aromatic rings. The Labute approximate surface area is 127 Å². The molecule has 0 radical (unpaired) electrons. The maximum Gasteiger partial charge on any atom is 0.196 e. The summed E-state index contributed by atoms with van der Waals surface area (Å²) >= 11 is 9.26. The van der Waals surface area contributed by atoms with Crippen LogP contribution in [0, 0.1) is 5.82 Å². The summed E-state index contributed by atoms with van der Waals surface area (Å²) in [5, 5.41) is 1.03. The third-order valence-corrected chi connectivity index (χ3v) is 3.99. The van der Waals surface area contributed by atoms with Gasteiger partial charge in [-0.1, -0.05) is 27.5 Å². The maximum atomic E-state index is 13.3. The number of benzene rings is 2. The SMILES string of the molecule is O=C(c1cc(Cl)ccc1Br)c1c[nH]c2ccc(F)cc12. The second-order valence-electron chi connectivity index (χ2n) is 4.35. The first-order valence-corrected chi connectivity index (χ1v) is 7.00. The normalized spacial score (nSPS) is 10.9. The van der Waals surface area contributed by atoms with Gasteiger partial charge in [-0.05, 0) is 36.4 Å². The number of hydrogen-bond acceptors (Lipinski definition) is 1. The number of fused-ring (bicyclic) bond motifs is 1. The van der Waals surface area contributed by atoms with Crippen molar-refractivity contribution in [3.05, 3.63) is 69.0 Å². The standard InChI is InChI=1S/C15H8BrClFNO/c16-13-3-1-8(17)5-11(13)15(20)12-7-19-14-4-2-9(18)6-10(12)14/h1-7,19H. The Morgan fingerprint density at radius 1 is 1.15 bits per heavy atom. The van der Waals surface area contributed by atoms with Gasteiger partial charge >= 0.3 is 0 Å². The molecule has 0 atom stereocenters. The third kappa shape index (κ3) is 2.25. The molecule has 1 heterocycles. The molecular weight excluding hydrogens is 345 g/mol. The molecule has 0 aliphatic heterocycles. The Hall–Kier alpha value is -1.65. The van der Waals surface area contributed by atoms with Crippen LogP contribution >= 0.6 is 27.5 Å². The predicted octanol–water partition coefficient (Wildman–Crippen LogP) is 4.95. The molecule has 0 saturated heterocycles. The molecule has 0 aliphatic carbocycles. The topological polar surface area (TPSA) is 32.9 Å². The molecule has 20 heavy (non-hydrogen) atoms. The number of aromatic amines is 1. The van der Waals surface area contributed by atoms with E-state index in [9.17, 15) is 9.18 Å². The molecule has 0 unspecified atom stereocenters. The quantitative estimate of drug-likeness (QED) is 0.650. The minimum Gasteiger partial charge on any atom is -0.360 e. The van der Waals surface area contributed by atoms with Crippen LogP contribution in [0.15, 0.2) is 47.1 Å². The highest BCUT2D eigenvalue weighted by molar-refractivity contribution is 9.10. The van der Waals surface area contributed by atoms with Gasteiger partial charge in [-0.25, -0.2) is 4.39 Å². The molecule has 1 aromatic heterocycles. The van der Waals surface area contributed by atoms with Crippen LogP contribution in [0.5, 0.6) is 0 Å². The molecule has 0 amide bonds. The molecule has 3 rings (SSSR count). The Morgan fingerprint density at radius 3 is 2.75 bits per heavy atom. The molecule has 2 aromatic carbocycles. The summed E-state index contributed by atoms with van der Waals surface area (Å²) in [7, 11) is 0.